The summed E-state index contributed by atoms with van der Waals surface area (Å²) < 4.78 is 13.5. The van der Waals surface area contributed by atoms with Gasteiger partial charge >= 0.3 is 0 Å². The number of carbonyl (C=O) groups is 1. The highest BCUT2D eigenvalue weighted by Crippen LogP contribution is 2.30. The fourth-order valence-electron chi connectivity index (χ4n) is 2.53. The average Bonchev–Trinajstić information content (AvgIpc) is 2.80. The monoisotopic (exact) mass is 318 g/mol. The Morgan fingerprint density at radius 2 is 2.10 bits per heavy atom. The van der Waals surface area contributed by atoms with Crippen molar-refractivity contribution in [3.8, 4) is 0 Å². The molecule has 1 aromatic rings. The molecule has 0 radical (unpaired) electrons. The summed E-state index contributed by atoms with van der Waals surface area (Å²) in [5.74, 6) is -0.671. The highest BCUT2D eigenvalue weighted by atomic mass is 35.5. The Bertz CT molecular complexity index is 524. The number of carbonyl (C=O) groups excluding carboxylic acids is 1. The summed E-state index contributed by atoms with van der Waals surface area (Å²) in [5.41, 5.74) is 6.32. The minimum atomic E-state index is -0.546. The fraction of sp³-hybridized carbons (Fsp3) is 0.500. The first kappa shape index (κ1) is 15.5. The highest BCUT2D eigenvalue weighted by Gasteiger charge is 2.28. The van der Waals surface area contributed by atoms with Crippen LogP contribution in [0.1, 0.15) is 37.8 Å². The van der Waals surface area contributed by atoms with Crippen molar-refractivity contribution in [2.45, 2.75) is 38.3 Å². The molecule has 1 amide bonds. The van der Waals surface area contributed by atoms with Gasteiger partial charge in [-0.25, -0.2) is 4.39 Å². The van der Waals surface area contributed by atoms with Crippen LogP contribution in [0.2, 0.25) is 10.0 Å². The van der Waals surface area contributed by atoms with Crippen LogP contribution < -0.4 is 11.1 Å². The molecule has 3 N–H and O–H groups in total. The maximum atomic E-state index is 13.5. The van der Waals surface area contributed by atoms with E-state index < -0.39 is 5.82 Å². The third-order valence-corrected chi connectivity index (χ3v) is 4.33. The molecule has 1 saturated carbocycles. The Balaban J connectivity index is 2.06. The summed E-state index contributed by atoms with van der Waals surface area (Å²) in [6, 6.07) is 2.33. The zero-order chi connectivity index (χ0) is 14.9. The van der Waals surface area contributed by atoms with E-state index in [2.05, 4.69) is 5.32 Å². The predicted octanol–water partition coefficient (Wildman–Crippen LogP) is 3.44. The minimum Gasteiger partial charge on any atom is -0.349 e. The van der Waals surface area contributed by atoms with Gasteiger partial charge in [0.15, 0.2) is 0 Å². The number of halogens is 3. The van der Waals surface area contributed by atoms with Gasteiger partial charge in [-0.05, 0) is 43.9 Å². The van der Waals surface area contributed by atoms with E-state index in [-0.39, 0.29) is 28.9 Å². The first-order valence-corrected chi connectivity index (χ1v) is 7.34. The summed E-state index contributed by atoms with van der Waals surface area (Å²) in [6.07, 6.45) is 2.35. The molecule has 0 spiro atoms. The molecule has 1 aliphatic rings. The summed E-state index contributed by atoms with van der Waals surface area (Å²) in [4.78, 5) is 12.1. The number of amides is 1. The molecule has 3 unspecified atom stereocenters. The van der Waals surface area contributed by atoms with Crippen LogP contribution in [0, 0.1) is 11.7 Å². The molecule has 0 saturated heterocycles. The lowest BCUT2D eigenvalue weighted by molar-refractivity contribution is -0.125. The van der Waals surface area contributed by atoms with E-state index in [9.17, 15) is 9.18 Å². The average molecular weight is 319 g/mol. The van der Waals surface area contributed by atoms with Crippen molar-refractivity contribution in [1.29, 1.82) is 0 Å². The van der Waals surface area contributed by atoms with Crippen LogP contribution >= 0.6 is 23.2 Å². The lowest BCUT2D eigenvalue weighted by Crippen LogP contribution is -2.32. The molecule has 0 bridgehead atoms. The molecule has 1 fully saturated rings. The smallest absolute Gasteiger partial charge is 0.223 e. The van der Waals surface area contributed by atoms with Crippen LogP contribution in [0.15, 0.2) is 12.1 Å². The van der Waals surface area contributed by atoms with Gasteiger partial charge in [0.1, 0.15) is 5.82 Å². The SMILES string of the molecule is CC(NC(=O)C1CCC(N)C1)c1cc(F)c(Cl)cc1Cl. The third kappa shape index (κ3) is 3.43. The van der Waals surface area contributed by atoms with Gasteiger partial charge in [-0.1, -0.05) is 23.2 Å². The molecule has 3 nitrogen and oxygen atoms in total. The van der Waals surface area contributed by atoms with E-state index in [0.29, 0.717) is 17.0 Å². The van der Waals surface area contributed by atoms with E-state index in [4.69, 9.17) is 28.9 Å². The maximum Gasteiger partial charge on any atom is 0.223 e. The molecule has 6 heteroatoms. The van der Waals surface area contributed by atoms with Crippen molar-refractivity contribution in [1.82, 2.24) is 5.32 Å². The molecule has 1 aromatic carbocycles. The molecule has 3 atom stereocenters. The number of nitrogens with two attached hydrogens (primary N) is 1. The van der Waals surface area contributed by atoms with Crippen molar-refractivity contribution < 1.29 is 9.18 Å². The van der Waals surface area contributed by atoms with Gasteiger partial charge in [-0.15, -0.1) is 0 Å². The topological polar surface area (TPSA) is 55.1 Å². The Morgan fingerprint density at radius 1 is 1.40 bits per heavy atom. The molecule has 0 aliphatic heterocycles. The van der Waals surface area contributed by atoms with Crippen molar-refractivity contribution in [3.05, 3.63) is 33.6 Å². The molecule has 20 heavy (non-hydrogen) atoms. The first-order valence-electron chi connectivity index (χ1n) is 6.59. The lowest BCUT2D eigenvalue weighted by atomic mass is 10.0. The van der Waals surface area contributed by atoms with Crippen molar-refractivity contribution in [3.63, 3.8) is 0 Å². The largest absolute Gasteiger partial charge is 0.349 e. The zero-order valence-corrected chi connectivity index (χ0v) is 12.6. The van der Waals surface area contributed by atoms with Crippen LogP contribution in [-0.2, 0) is 4.79 Å². The normalized spacial score (nSPS) is 23.6. The minimum absolute atomic E-state index is 0.0287. The summed E-state index contributed by atoms with van der Waals surface area (Å²) >= 11 is 11.7. The number of benzene rings is 1. The number of hydrogen-bond donors (Lipinski definition) is 2. The summed E-state index contributed by atoms with van der Waals surface area (Å²) in [5, 5.41) is 3.17. The van der Waals surface area contributed by atoms with Crippen LogP contribution in [-0.4, -0.2) is 11.9 Å². The Morgan fingerprint density at radius 3 is 2.70 bits per heavy atom. The zero-order valence-electron chi connectivity index (χ0n) is 11.1. The quantitative estimate of drug-likeness (QED) is 0.839. The van der Waals surface area contributed by atoms with E-state index >= 15 is 0 Å². The standard InChI is InChI=1S/C14H17Cl2FN2O/c1-7(10-5-13(17)12(16)6-11(10)15)19-14(20)8-2-3-9(18)4-8/h5-9H,2-4,18H2,1H3,(H,19,20). The van der Waals surface area contributed by atoms with Crippen LogP contribution in [0.3, 0.4) is 0 Å². The van der Waals surface area contributed by atoms with E-state index in [1.807, 2.05) is 0 Å². The second-order valence-electron chi connectivity index (χ2n) is 5.29. The Kier molecular flexibility index (Phi) is 4.89. The third-order valence-electron chi connectivity index (χ3n) is 3.71. The number of rotatable bonds is 3. The van der Waals surface area contributed by atoms with Gasteiger partial charge in [-0.3, -0.25) is 4.79 Å². The van der Waals surface area contributed by atoms with E-state index in [1.165, 1.54) is 12.1 Å². The maximum absolute atomic E-state index is 13.5. The second kappa shape index (κ2) is 6.29. The van der Waals surface area contributed by atoms with E-state index in [0.717, 1.165) is 12.8 Å². The molecule has 110 valence electrons. The van der Waals surface area contributed by atoms with Gasteiger partial charge in [0.25, 0.3) is 0 Å². The number of hydrogen-bond acceptors (Lipinski definition) is 2. The molecule has 1 aliphatic carbocycles. The number of nitrogens with one attached hydrogen (secondary N) is 1. The van der Waals surface area contributed by atoms with Crippen LogP contribution in [0.5, 0.6) is 0 Å². The van der Waals surface area contributed by atoms with E-state index in [1.54, 1.807) is 6.92 Å². The fourth-order valence-corrected chi connectivity index (χ4v) is 3.08. The molecular formula is C14H17Cl2FN2O. The van der Waals surface area contributed by atoms with Crippen molar-refractivity contribution in [2.24, 2.45) is 11.7 Å². The Labute approximate surface area is 127 Å². The molecule has 0 aromatic heterocycles. The molecule has 0 heterocycles. The lowest BCUT2D eigenvalue weighted by Gasteiger charge is -2.19. The first-order chi connectivity index (χ1) is 9.38. The van der Waals surface area contributed by atoms with Crippen LogP contribution in [0.25, 0.3) is 0 Å². The molecule has 2 rings (SSSR count). The van der Waals surface area contributed by atoms with Gasteiger partial charge < -0.3 is 11.1 Å². The summed E-state index contributed by atoms with van der Waals surface area (Å²) in [7, 11) is 0. The Hall–Kier alpha value is -0.840. The molecular weight excluding hydrogens is 302 g/mol. The van der Waals surface area contributed by atoms with Gasteiger partial charge in [-0.2, -0.15) is 0 Å². The summed E-state index contributed by atoms with van der Waals surface area (Å²) in [6.45, 7) is 1.77. The van der Waals surface area contributed by atoms with Gasteiger partial charge in [0.2, 0.25) is 5.91 Å². The van der Waals surface area contributed by atoms with Crippen LogP contribution in [0.4, 0.5) is 4.39 Å². The predicted molar refractivity (Wildman–Crippen MR) is 78.3 cm³/mol. The highest BCUT2D eigenvalue weighted by molar-refractivity contribution is 6.35. The van der Waals surface area contributed by atoms with Gasteiger partial charge in [0.05, 0.1) is 11.1 Å². The van der Waals surface area contributed by atoms with Crippen molar-refractivity contribution >= 4 is 29.1 Å². The van der Waals surface area contributed by atoms with Crippen molar-refractivity contribution in [2.75, 3.05) is 0 Å². The second-order valence-corrected chi connectivity index (χ2v) is 6.10. The van der Waals surface area contributed by atoms with Gasteiger partial charge in [0, 0.05) is 17.0 Å².